The molecule has 0 saturated carbocycles. The van der Waals surface area contributed by atoms with E-state index in [9.17, 15) is 0 Å². The van der Waals surface area contributed by atoms with Gasteiger partial charge in [-0.3, -0.25) is 4.99 Å². The Kier molecular flexibility index (Phi) is 4.24. The number of nitrogens with zero attached hydrogens (tertiary/aromatic N) is 3. The minimum atomic E-state index is 0.533. The van der Waals surface area contributed by atoms with Crippen molar-refractivity contribution < 1.29 is 0 Å². The number of hydrogen-bond donors (Lipinski definition) is 2. The molecule has 1 aromatic heterocycles. The molecule has 5 heteroatoms. The summed E-state index contributed by atoms with van der Waals surface area (Å²) in [6, 6.07) is 0.533. The molecule has 3 rings (SSSR count). The summed E-state index contributed by atoms with van der Waals surface area (Å²) in [4.78, 5) is 14.5. The molecule has 0 amide bonds. The molecule has 1 unspecified atom stereocenters. The van der Waals surface area contributed by atoms with Gasteiger partial charge in [-0.1, -0.05) is 6.58 Å². The standard InChI is InChI=1S/C17H23N5/c1-12-10-21-17-16(12)13(2)15(4-6-19-7-8-20-17)22-9-5-14(11-22)18-3/h4,6,8,10,14,18,21H,2,5,7,9,11H2,1,3H3/b15-4+,19-6-,20-8-. The van der Waals surface area contributed by atoms with Crippen molar-refractivity contribution in [3.8, 4) is 0 Å². The Morgan fingerprint density at radius 1 is 1.45 bits per heavy atom. The van der Waals surface area contributed by atoms with E-state index < -0.39 is 0 Å². The maximum absolute atomic E-state index is 4.50. The molecule has 5 nitrogen and oxygen atoms in total. The third-order valence-corrected chi connectivity index (χ3v) is 4.35. The number of nitrogens with one attached hydrogen (secondary N) is 2. The van der Waals surface area contributed by atoms with Crippen LogP contribution < -0.4 is 5.32 Å². The molecule has 1 aromatic rings. The van der Waals surface area contributed by atoms with Gasteiger partial charge in [0.25, 0.3) is 0 Å². The number of allylic oxidation sites excluding steroid dienone is 2. The van der Waals surface area contributed by atoms with Gasteiger partial charge < -0.3 is 15.2 Å². The van der Waals surface area contributed by atoms with E-state index in [0.717, 1.165) is 42.2 Å². The number of aliphatic imine (C=N–C) groups is 2. The molecule has 22 heavy (non-hydrogen) atoms. The Morgan fingerprint density at radius 2 is 2.32 bits per heavy atom. The summed E-state index contributed by atoms with van der Waals surface area (Å²) in [5, 5.41) is 3.36. The fraction of sp³-hybridized carbons (Fsp3) is 0.412. The normalized spacial score (nSPS) is 27.2. The third-order valence-electron chi connectivity index (χ3n) is 4.35. The summed E-state index contributed by atoms with van der Waals surface area (Å²) in [7, 11) is 2.02. The number of likely N-dealkylation sites (tertiary alicyclic amines) is 1. The van der Waals surface area contributed by atoms with E-state index in [1.165, 1.54) is 5.56 Å². The molecule has 116 valence electrons. The second-order valence-electron chi connectivity index (χ2n) is 5.77. The first-order chi connectivity index (χ1) is 10.7. The Labute approximate surface area is 131 Å². The van der Waals surface area contributed by atoms with Gasteiger partial charge in [-0.2, -0.15) is 0 Å². The van der Waals surface area contributed by atoms with Gasteiger partial charge in [-0.15, -0.1) is 0 Å². The van der Waals surface area contributed by atoms with Crippen LogP contribution in [0.2, 0.25) is 0 Å². The molecule has 0 aliphatic carbocycles. The van der Waals surface area contributed by atoms with Crippen LogP contribution in [-0.4, -0.2) is 55.0 Å². The quantitative estimate of drug-likeness (QED) is 0.880. The van der Waals surface area contributed by atoms with Crippen LogP contribution in [0.1, 0.15) is 17.5 Å². The molecule has 0 spiro atoms. The zero-order chi connectivity index (χ0) is 15.5. The average molecular weight is 297 g/mol. The lowest BCUT2D eigenvalue weighted by molar-refractivity contribution is 0.428. The van der Waals surface area contributed by atoms with Crippen molar-refractivity contribution in [1.82, 2.24) is 15.2 Å². The molecule has 1 atom stereocenters. The van der Waals surface area contributed by atoms with Crippen LogP contribution in [0.4, 0.5) is 5.82 Å². The molecule has 1 fully saturated rings. The summed E-state index contributed by atoms with van der Waals surface area (Å²) in [6.07, 6.45) is 8.91. The van der Waals surface area contributed by atoms with Crippen molar-refractivity contribution in [3.63, 3.8) is 0 Å². The lowest BCUT2D eigenvalue weighted by atomic mass is 10.0. The molecule has 0 bridgehead atoms. The van der Waals surface area contributed by atoms with Gasteiger partial charge in [0.2, 0.25) is 0 Å². The van der Waals surface area contributed by atoms with Crippen LogP contribution in [0, 0.1) is 6.92 Å². The Bertz CT molecular complexity index is 650. The zero-order valence-electron chi connectivity index (χ0n) is 13.3. The molecule has 0 radical (unpaired) electrons. The van der Waals surface area contributed by atoms with Crippen LogP contribution in [0.5, 0.6) is 0 Å². The molecule has 0 aromatic carbocycles. The second-order valence-corrected chi connectivity index (χ2v) is 5.77. The van der Waals surface area contributed by atoms with Gasteiger partial charge in [0.15, 0.2) is 0 Å². The minimum absolute atomic E-state index is 0.533. The first kappa shape index (κ1) is 14.8. The lowest BCUT2D eigenvalue weighted by Crippen LogP contribution is -2.29. The number of rotatable bonds is 2. The van der Waals surface area contributed by atoms with Gasteiger partial charge in [-0.25, -0.2) is 4.99 Å². The smallest absolute Gasteiger partial charge is 0.137 e. The highest BCUT2D eigenvalue weighted by molar-refractivity contribution is 5.90. The van der Waals surface area contributed by atoms with Gasteiger partial charge in [0.1, 0.15) is 5.82 Å². The lowest BCUT2D eigenvalue weighted by Gasteiger charge is -2.24. The van der Waals surface area contributed by atoms with Gasteiger partial charge in [0.05, 0.1) is 6.54 Å². The predicted octanol–water partition coefficient (Wildman–Crippen LogP) is 2.30. The van der Waals surface area contributed by atoms with E-state index in [4.69, 9.17) is 0 Å². The fourth-order valence-electron chi connectivity index (χ4n) is 3.09. The Hall–Kier alpha value is -2.14. The first-order valence-corrected chi connectivity index (χ1v) is 7.73. The number of H-pyrrole nitrogens is 1. The maximum atomic E-state index is 4.50. The van der Waals surface area contributed by atoms with Crippen LogP contribution in [-0.2, 0) is 0 Å². The van der Waals surface area contributed by atoms with E-state index in [1.54, 1.807) is 0 Å². The van der Waals surface area contributed by atoms with E-state index in [2.05, 4.69) is 44.8 Å². The number of aryl methyl sites for hydroxylation is 1. The molecule has 3 heterocycles. The molecule has 2 aliphatic heterocycles. The Morgan fingerprint density at radius 3 is 3.09 bits per heavy atom. The van der Waals surface area contributed by atoms with Gasteiger partial charge >= 0.3 is 0 Å². The van der Waals surface area contributed by atoms with E-state index in [1.807, 2.05) is 25.7 Å². The van der Waals surface area contributed by atoms with Crippen LogP contribution in [0.3, 0.4) is 0 Å². The fourth-order valence-corrected chi connectivity index (χ4v) is 3.09. The average Bonchev–Trinajstić information content (AvgIpc) is 3.13. The maximum Gasteiger partial charge on any atom is 0.137 e. The topological polar surface area (TPSA) is 55.8 Å². The highest BCUT2D eigenvalue weighted by atomic mass is 15.2. The molecular formula is C17H23N5. The summed E-state index contributed by atoms with van der Waals surface area (Å²) in [5.41, 5.74) is 4.43. The van der Waals surface area contributed by atoms with Crippen LogP contribution >= 0.6 is 0 Å². The summed E-state index contributed by atoms with van der Waals surface area (Å²) in [6.45, 7) is 9.07. The molecule has 2 N–H and O–H groups in total. The highest BCUT2D eigenvalue weighted by Crippen LogP contribution is 2.34. The number of likely N-dealkylation sites (N-methyl/N-ethyl adjacent to an activating group) is 1. The first-order valence-electron chi connectivity index (χ1n) is 7.73. The van der Waals surface area contributed by atoms with Crippen molar-refractivity contribution in [1.29, 1.82) is 0 Å². The van der Waals surface area contributed by atoms with Gasteiger partial charge in [-0.05, 0) is 32.0 Å². The zero-order valence-corrected chi connectivity index (χ0v) is 13.3. The SMILES string of the molecule is C=C1/C(N2CCC(NC)C2)=C\C=N/C/C=N\c2[nH]cc(C)c21. The second kappa shape index (κ2) is 6.32. The number of hydrogen-bond acceptors (Lipinski definition) is 4. The third kappa shape index (κ3) is 2.76. The van der Waals surface area contributed by atoms with Crippen molar-refractivity contribution >= 4 is 23.8 Å². The van der Waals surface area contributed by atoms with Crippen molar-refractivity contribution in [3.05, 3.63) is 35.7 Å². The van der Waals surface area contributed by atoms with E-state index in [0.29, 0.717) is 12.6 Å². The summed E-state index contributed by atoms with van der Waals surface area (Å²) in [5.74, 6) is 0.870. The molecule has 1 saturated heterocycles. The predicted molar refractivity (Wildman–Crippen MR) is 93.2 cm³/mol. The largest absolute Gasteiger partial charge is 0.369 e. The van der Waals surface area contributed by atoms with E-state index in [-0.39, 0.29) is 0 Å². The number of aromatic nitrogens is 1. The van der Waals surface area contributed by atoms with Crippen molar-refractivity contribution in [2.24, 2.45) is 9.98 Å². The van der Waals surface area contributed by atoms with Crippen LogP contribution in [0.15, 0.2) is 34.5 Å². The molecular weight excluding hydrogens is 274 g/mol. The van der Waals surface area contributed by atoms with E-state index >= 15 is 0 Å². The van der Waals surface area contributed by atoms with Crippen molar-refractivity contribution in [2.45, 2.75) is 19.4 Å². The van der Waals surface area contributed by atoms with Crippen molar-refractivity contribution in [2.75, 3.05) is 26.7 Å². The summed E-state index contributed by atoms with van der Waals surface area (Å²) < 4.78 is 0. The van der Waals surface area contributed by atoms with Crippen LogP contribution in [0.25, 0.3) is 5.57 Å². The Balaban J connectivity index is 1.98. The monoisotopic (exact) mass is 297 g/mol. The molecule has 2 aliphatic rings. The summed E-state index contributed by atoms with van der Waals surface area (Å²) >= 11 is 0. The number of aromatic amines is 1. The number of fused-ring (bicyclic) bond motifs is 1. The van der Waals surface area contributed by atoms with Gasteiger partial charge in [0, 0.05) is 54.6 Å². The highest BCUT2D eigenvalue weighted by Gasteiger charge is 2.26. The minimum Gasteiger partial charge on any atom is -0.369 e.